The smallest absolute Gasteiger partial charge is 0.0975 e. The number of halogens is 1. The minimum absolute atomic E-state index is 0.430. The van der Waals surface area contributed by atoms with E-state index in [0.717, 1.165) is 32.5 Å². The maximum atomic E-state index is 5.81. The monoisotopic (exact) mass is 250 g/mol. The number of rotatable bonds is 3. The van der Waals surface area contributed by atoms with Gasteiger partial charge in [-0.1, -0.05) is 41.9 Å². The average Bonchev–Trinajstić information content (AvgIpc) is 2.32. The Morgan fingerprint density at radius 1 is 1.29 bits per heavy atom. The van der Waals surface area contributed by atoms with Crippen LogP contribution in [0, 0.1) is 0 Å². The molecule has 2 rings (SSSR count). The molecule has 3 heteroatoms. The number of piperidine rings is 1. The summed E-state index contributed by atoms with van der Waals surface area (Å²) in [6.07, 6.45) is 2.24. The van der Waals surface area contributed by atoms with Crippen molar-refractivity contribution in [1.29, 1.82) is 0 Å². The van der Waals surface area contributed by atoms with Gasteiger partial charge < -0.3 is 0 Å². The lowest BCUT2D eigenvalue weighted by Gasteiger charge is -2.30. The Kier molecular flexibility index (Phi) is 4.57. The van der Waals surface area contributed by atoms with Gasteiger partial charge in [0.1, 0.15) is 0 Å². The van der Waals surface area contributed by atoms with Crippen molar-refractivity contribution in [1.82, 2.24) is 4.90 Å². The molecule has 0 radical (unpaired) electrons. The van der Waals surface area contributed by atoms with E-state index in [1.165, 1.54) is 5.56 Å². The Morgan fingerprint density at radius 3 is 2.53 bits per heavy atom. The van der Waals surface area contributed by atoms with E-state index in [1.807, 2.05) is 6.92 Å². The third-order valence-electron chi connectivity index (χ3n) is 3.17. The van der Waals surface area contributed by atoms with Crippen LogP contribution < -0.4 is 0 Å². The van der Waals surface area contributed by atoms with Gasteiger partial charge in [0, 0.05) is 19.6 Å². The number of hydrogen-bond acceptors (Lipinski definition) is 2. The molecule has 0 spiro atoms. The molecule has 0 aromatic heterocycles. The van der Waals surface area contributed by atoms with E-state index in [1.54, 1.807) is 0 Å². The van der Waals surface area contributed by atoms with Gasteiger partial charge in [0.25, 0.3) is 0 Å². The predicted octanol–water partition coefficient (Wildman–Crippen LogP) is 3.31. The second-order valence-electron chi connectivity index (χ2n) is 4.62. The number of aliphatic imine (C=N–C) groups is 1. The Labute approximate surface area is 108 Å². The van der Waals surface area contributed by atoms with Crippen LogP contribution in [0.25, 0.3) is 0 Å². The summed E-state index contributed by atoms with van der Waals surface area (Å²) in [5.41, 5.74) is 1.39. The zero-order valence-corrected chi connectivity index (χ0v) is 11.0. The van der Waals surface area contributed by atoms with E-state index in [-0.39, 0.29) is 0 Å². The molecule has 0 bridgehead atoms. The molecule has 0 amide bonds. The predicted molar refractivity (Wildman–Crippen MR) is 73.7 cm³/mol. The Hall–Kier alpha value is -0.860. The molecule has 1 fully saturated rings. The van der Waals surface area contributed by atoms with Crippen molar-refractivity contribution in [2.45, 2.75) is 32.4 Å². The summed E-state index contributed by atoms with van der Waals surface area (Å²) in [6.45, 7) is 5.15. The summed E-state index contributed by atoms with van der Waals surface area (Å²) in [7, 11) is 0. The summed E-state index contributed by atoms with van der Waals surface area (Å²) in [4.78, 5) is 6.92. The molecule has 17 heavy (non-hydrogen) atoms. The van der Waals surface area contributed by atoms with Gasteiger partial charge in [0.15, 0.2) is 0 Å². The zero-order valence-electron chi connectivity index (χ0n) is 10.3. The minimum Gasteiger partial charge on any atom is -0.299 e. The molecule has 0 N–H and O–H groups in total. The first kappa shape index (κ1) is 12.6. The van der Waals surface area contributed by atoms with E-state index >= 15 is 0 Å². The van der Waals surface area contributed by atoms with E-state index < -0.39 is 0 Å². The van der Waals surface area contributed by atoms with Crippen LogP contribution in [0.15, 0.2) is 35.3 Å². The second-order valence-corrected chi connectivity index (χ2v) is 5.17. The fourth-order valence-corrected chi connectivity index (χ4v) is 2.44. The van der Waals surface area contributed by atoms with Gasteiger partial charge in [-0.2, -0.15) is 0 Å². The first-order chi connectivity index (χ1) is 8.24. The van der Waals surface area contributed by atoms with Crippen LogP contribution in [0.2, 0.25) is 0 Å². The van der Waals surface area contributed by atoms with Crippen LogP contribution in [-0.2, 0) is 6.54 Å². The first-order valence-corrected chi connectivity index (χ1v) is 6.58. The Morgan fingerprint density at radius 2 is 1.94 bits per heavy atom. The van der Waals surface area contributed by atoms with Gasteiger partial charge >= 0.3 is 0 Å². The molecule has 1 heterocycles. The van der Waals surface area contributed by atoms with Crippen LogP contribution in [0.1, 0.15) is 25.3 Å². The fourth-order valence-electron chi connectivity index (χ4n) is 2.30. The molecule has 1 aliphatic heterocycles. The molecule has 0 atom stereocenters. The third-order valence-corrected chi connectivity index (χ3v) is 3.26. The molecule has 0 aliphatic carbocycles. The van der Waals surface area contributed by atoms with Gasteiger partial charge in [0.05, 0.1) is 11.2 Å². The van der Waals surface area contributed by atoms with Crippen molar-refractivity contribution < 1.29 is 0 Å². The molecule has 0 unspecified atom stereocenters. The number of likely N-dealkylation sites (tertiary alicyclic amines) is 1. The van der Waals surface area contributed by atoms with Gasteiger partial charge in [0.2, 0.25) is 0 Å². The molecule has 0 saturated carbocycles. The highest BCUT2D eigenvalue weighted by Crippen LogP contribution is 2.16. The molecule has 1 saturated heterocycles. The highest BCUT2D eigenvalue weighted by molar-refractivity contribution is 6.64. The van der Waals surface area contributed by atoms with Crippen molar-refractivity contribution in [3.63, 3.8) is 0 Å². The van der Waals surface area contributed by atoms with Gasteiger partial charge in [-0.25, -0.2) is 0 Å². The quantitative estimate of drug-likeness (QED) is 0.752. The lowest BCUT2D eigenvalue weighted by molar-refractivity contribution is 0.206. The largest absolute Gasteiger partial charge is 0.299 e. The van der Waals surface area contributed by atoms with Gasteiger partial charge in [-0.15, -0.1) is 0 Å². The van der Waals surface area contributed by atoms with Crippen molar-refractivity contribution in [2.75, 3.05) is 13.1 Å². The van der Waals surface area contributed by atoms with E-state index in [4.69, 9.17) is 11.6 Å². The van der Waals surface area contributed by atoms with E-state index in [2.05, 4.69) is 40.2 Å². The van der Waals surface area contributed by atoms with Crippen LogP contribution in [-0.4, -0.2) is 29.2 Å². The van der Waals surface area contributed by atoms with Crippen LogP contribution in [0.4, 0.5) is 0 Å². The van der Waals surface area contributed by atoms with Gasteiger partial charge in [-0.3, -0.25) is 9.89 Å². The first-order valence-electron chi connectivity index (χ1n) is 6.20. The van der Waals surface area contributed by atoms with Crippen LogP contribution >= 0.6 is 11.6 Å². The topological polar surface area (TPSA) is 15.6 Å². The van der Waals surface area contributed by atoms with Crippen molar-refractivity contribution in [2.24, 2.45) is 4.99 Å². The number of nitrogens with zero attached hydrogens (tertiary/aromatic N) is 2. The molecule has 1 aromatic rings. The number of benzene rings is 1. The number of hydrogen-bond donors (Lipinski definition) is 0. The highest BCUT2D eigenvalue weighted by Gasteiger charge is 2.18. The Balaban J connectivity index is 1.82. The Bertz CT molecular complexity index is 363. The fraction of sp³-hybridized carbons (Fsp3) is 0.500. The molecule has 1 aromatic carbocycles. The SMILES string of the molecule is C/C(Cl)=N\C1CCN(Cc2ccccc2)CC1. The summed E-state index contributed by atoms with van der Waals surface area (Å²) < 4.78 is 0. The summed E-state index contributed by atoms with van der Waals surface area (Å²) >= 11 is 5.81. The molecule has 2 nitrogen and oxygen atoms in total. The van der Waals surface area contributed by atoms with Crippen molar-refractivity contribution in [3.05, 3.63) is 35.9 Å². The third kappa shape index (κ3) is 4.14. The van der Waals surface area contributed by atoms with E-state index in [0.29, 0.717) is 11.2 Å². The normalized spacial score (nSPS) is 19.5. The molecule has 1 aliphatic rings. The molecular formula is C14H19ClN2. The maximum absolute atomic E-state index is 5.81. The van der Waals surface area contributed by atoms with Crippen LogP contribution in [0.5, 0.6) is 0 Å². The van der Waals surface area contributed by atoms with Crippen LogP contribution in [0.3, 0.4) is 0 Å². The summed E-state index contributed by atoms with van der Waals surface area (Å²) in [5.74, 6) is 0. The lowest BCUT2D eigenvalue weighted by Crippen LogP contribution is -2.34. The summed E-state index contributed by atoms with van der Waals surface area (Å²) in [5, 5.41) is 0.687. The highest BCUT2D eigenvalue weighted by atomic mass is 35.5. The van der Waals surface area contributed by atoms with Gasteiger partial charge in [-0.05, 0) is 25.3 Å². The molecular weight excluding hydrogens is 232 g/mol. The second kappa shape index (κ2) is 6.18. The minimum atomic E-state index is 0.430. The lowest BCUT2D eigenvalue weighted by atomic mass is 10.0. The van der Waals surface area contributed by atoms with Crippen molar-refractivity contribution >= 4 is 16.8 Å². The zero-order chi connectivity index (χ0) is 12.1. The average molecular weight is 251 g/mol. The summed E-state index contributed by atoms with van der Waals surface area (Å²) in [6, 6.07) is 11.1. The maximum Gasteiger partial charge on any atom is 0.0975 e. The standard InChI is InChI=1S/C14H19ClN2/c1-12(15)16-14-7-9-17(10-8-14)11-13-5-3-2-4-6-13/h2-6,14H,7-11H2,1H3/b16-12+. The van der Waals surface area contributed by atoms with Crippen molar-refractivity contribution in [3.8, 4) is 0 Å². The van der Waals surface area contributed by atoms with E-state index in [9.17, 15) is 0 Å². The molecule has 92 valence electrons.